The third-order valence-corrected chi connectivity index (χ3v) is 3.90. The van der Waals surface area contributed by atoms with Gasteiger partial charge < -0.3 is 9.64 Å². The van der Waals surface area contributed by atoms with Crippen LogP contribution in [0.5, 0.6) is 0 Å². The highest BCUT2D eigenvalue weighted by Gasteiger charge is 2.18. The van der Waals surface area contributed by atoms with Crippen LogP contribution in [0.15, 0.2) is 24.3 Å². The fourth-order valence-electron chi connectivity index (χ4n) is 2.87. The summed E-state index contributed by atoms with van der Waals surface area (Å²) in [5, 5.41) is 8.50. The van der Waals surface area contributed by atoms with Gasteiger partial charge in [-0.15, -0.1) is 5.10 Å². The predicted octanol–water partition coefficient (Wildman–Crippen LogP) is 2.45. The molecule has 0 aliphatic carbocycles. The molecular formula is C15H22N4O. The molecule has 20 heavy (non-hydrogen) atoms. The number of aromatic nitrogens is 3. The van der Waals surface area contributed by atoms with E-state index in [1.807, 2.05) is 29.8 Å². The molecule has 1 aromatic carbocycles. The van der Waals surface area contributed by atoms with Gasteiger partial charge >= 0.3 is 0 Å². The Hall–Kier alpha value is -1.46. The standard InChI is InChI=1S/C15H22N4O/c1-2-20-15(9-12-18-10-5-6-11-18)19-14-8-4-3-7-13(14)16-17-19/h3-4,7-8,15H,2,5-6,9-12H2,1H3. The first-order valence-electron chi connectivity index (χ1n) is 7.52. The summed E-state index contributed by atoms with van der Waals surface area (Å²) in [6, 6.07) is 8.05. The Morgan fingerprint density at radius 3 is 2.85 bits per heavy atom. The molecule has 1 aliphatic heterocycles. The van der Waals surface area contributed by atoms with Crippen LogP contribution in [0.25, 0.3) is 11.0 Å². The molecule has 0 spiro atoms. The van der Waals surface area contributed by atoms with Crippen LogP contribution < -0.4 is 0 Å². The topological polar surface area (TPSA) is 43.2 Å². The van der Waals surface area contributed by atoms with Crippen LogP contribution >= 0.6 is 0 Å². The van der Waals surface area contributed by atoms with Crippen LogP contribution in [0.4, 0.5) is 0 Å². The van der Waals surface area contributed by atoms with Crippen molar-refractivity contribution in [3.8, 4) is 0 Å². The number of hydrogen-bond donors (Lipinski definition) is 0. The van der Waals surface area contributed by atoms with Gasteiger partial charge in [0.2, 0.25) is 0 Å². The van der Waals surface area contributed by atoms with Gasteiger partial charge in [-0.3, -0.25) is 0 Å². The van der Waals surface area contributed by atoms with Gasteiger partial charge in [0, 0.05) is 19.6 Å². The first-order valence-corrected chi connectivity index (χ1v) is 7.52. The monoisotopic (exact) mass is 274 g/mol. The van der Waals surface area contributed by atoms with Gasteiger partial charge in [-0.1, -0.05) is 17.3 Å². The van der Waals surface area contributed by atoms with E-state index in [1.165, 1.54) is 25.9 Å². The van der Waals surface area contributed by atoms with Crippen molar-refractivity contribution in [2.24, 2.45) is 0 Å². The lowest BCUT2D eigenvalue weighted by molar-refractivity contribution is -0.00767. The second-order valence-electron chi connectivity index (χ2n) is 5.27. The summed E-state index contributed by atoms with van der Waals surface area (Å²) in [4.78, 5) is 2.51. The van der Waals surface area contributed by atoms with E-state index in [1.54, 1.807) is 0 Å². The fraction of sp³-hybridized carbons (Fsp3) is 0.600. The van der Waals surface area contributed by atoms with Crippen LogP contribution in [-0.2, 0) is 4.74 Å². The first kappa shape index (κ1) is 13.5. The Morgan fingerprint density at radius 1 is 1.25 bits per heavy atom. The maximum Gasteiger partial charge on any atom is 0.153 e. The maximum absolute atomic E-state index is 5.89. The van der Waals surface area contributed by atoms with Gasteiger partial charge in [0.1, 0.15) is 5.52 Å². The van der Waals surface area contributed by atoms with Gasteiger partial charge in [-0.25, -0.2) is 4.68 Å². The van der Waals surface area contributed by atoms with E-state index in [2.05, 4.69) is 21.3 Å². The quantitative estimate of drug-likeness (QED) is 0.811. The molecule has 1 saturated heterocycles. The van der Waals surface area contributed by atoms with Gasteiger partial charge in [0.15, 0.2) is 6.23 Å². The zero-order valence-electron chi connectivity index (χ0n) is 12.0. The smallest absolute Gasteiger partial charge is 0.153 e. The Morgan fingerprint density at radius 2 is 2.05 bits per heavy atom. The maximum atomic E-state index is 5.89. The molecule has 1 aromatic heterocycles. The molecule has 0 N–H and O–H groups in total. The molecular weight excluding hydrogens is 252 g/mol. The SMILES string of the molecule is CCOC(CCN1CCCC1)n1nnc2ccccc21. The van der Waals surface area contributed by atoms with Crippen molar-refractivity contribution in [3.05, 3.63) is 24.3 Å². The van der Waals surface area contributed by atoms with Crippen molar-refractivity contribution in [2.45, 2.75) is 32.4 Å². The summed E-state index contributed by atoms with van der Waals surface area (Å²) >= 11 is 0. The molecule has 108 valence electrons. The van der Waals surface area contributed by atoms with Crippen molar-refractivity contribution >= 4 is 11.0 Å². The molecule has 2 aromatic rings. The lowest BCUT2D eigenvalue weighted by atomic mass is 10.3. The number of fused-ring (bicyclic) bond motifs is 1. The molecule has 1 unspecified atom stereocenters. The second kappa shape index (κ2) is 6.33. The average molecular weight is 274 g/mol. The highest BCUT2D eigenvalue weighted by atomic mass is 16.5. The molecule has 0 amide bonds. The zero-order chi connectivity index (χ0) is 13.8. The first-order chi connectivity index (χ1) is 9.88. The Bertz CT molecular complexity index is 548. The normalized spacial score (nSPS) is 17.9. The Balaban J connectivity index is 1.75. The van der Waals surface area contributed by atoms with E-state index in [0.717, 1.165) is 24.0 Å². The second-order valence-corrected chi connectivity index (χ2v) is 5.27. The lowest BCUT2D eigenvalue weighted by Crippen LogP contribution is -2.25. The summed E-state index contributed by atoms with van der Waals surface area (Å²) in [6.07, 6.45) is 3.59. The molecule has 1 atom stereocenters. The molecule has 1 fully saturated rings. The molecule has 5 nitrogen and oxygen atoms in total. The van der Waals surface area contributed by atoms with Crippen molar-refractivity contribution in [1.82, 2.24) is 19.9 Å². The minimum atomic E-state index is -0.0204. The Labute approximate surface area is 119 Å². The molecule has 0 radical (unpaired) electrons. The van der Waals surface area contributed by atoms with Crippen molar-refractivity contribution in [2.75, 3.05) is 26.2 Å². The minimum absolute atomic E-state index is 0.0204. The van der Waals surface area contributed by atoms with Crippen molar-refractivity contribution in [1.29, 1.82) is 0 Å². The van der Waals surface area contributed by atoms with Gasteiger partial charge in [0.05, 0.1) is 5.52 Å². The van der Waals surface area contributed by atoms with Gasteiger partial charge in [-0.05, 0) is 45.0 Å². The summed E-state index contributed by atoms with van der Waals surface area (Å²) in [5.41, 5.74) is 1.98. The highest BCUT2D eigenvalue weighted by molar-refractivity contribution is 5.73. The average Bonchev–Trinajstić information content (AvgIpc) is 3.13. The number of likely N-dealkylation sites (tertiary alicyclic amines) is 1. The van der Waals surface area contributed by atoms with Crippen molar-refractivity contribution in [3.63, 3.8) is 0 Å². The molecule has 1 aliphatic rings. The molecule has 0 saturated carbocycles. The van der Waals surface area contributed by atoms with E-state index in [4.69, 9.17) is 4.74 Å². The zero-order valence-corrected chi connectivity index (χ0v) is 12.0. The highest BCUT2D eigenvalue weighted by Crippen LogP contribution is 2.20. The minimum Gasteiger partial charge on any atom is -0.357 e. The molecule has 0 bridgehead atoms. The number of nitrogens with zero attached hydrogens (tertiary/aromatic N) is 4. The third-order valence-electron chi connectivity index (χ3n) is 3.90. The van der Waals surface area contributed by atoms with Crippen LogP contribution in [0, 0.1) is 0 Å². The lowest BCUT2D eigenvalue weighted by Gasteiger charge is -2.21. The summed E-state index contributed by atoms with van der Waals surface area (Å²) < 4.78 is 7.81. The predicted molar refractivity (Wildman–Crippen MR) is 78.5 cm³/mol. The van der Waals surface area contributed by atoms with E-state index in [0.29, 0.717) is 6.61 Å². The van der Waals surface area contributed by atoms with Crippen LogP contribution in [0.1, 0.15) is 32.4 Å². The van der Waals surface area contributed by atoms with Gasteiger partial charge in [0.25, 0.3) is 0 Å². The van der Waals surface area contributed by atoms with Crippen LogP contribution in [0.3, 0.4) is 0 Å². The fourth-order valence-corrected chi connectivity index (χ4v) is 2.87. The number of rotatable bonds is 6. The number of para-hydroxylation sites is 1. The van der Waals surface area contributed by atoms with E-state index in [-0.39, 0.29) is 6.23 Å². The van der Waals surface area contributed by atoms with E-state index >= 15 is 0 Å². The van der Waals surface area contributed by atoms with E-state index in [9.17, 15) is 0 Å². The van der Waals surface area contributed by atoms with Gasteiger partial charge in [-0.2, -0.15) is 0 Å². The van der Waals surface area contributed by atoms with Crippen molar-refractivity contribution < 1.29 is 4.74 Å². The van der Waals surface area contributed by atoms with Crippen LogP contribution in [-0.4, -0.2) is 46.1 Å². The molecule has 3 rings (SSSR count). The van der Waals surface area contributed by atoms with E-state index < -0.39 is 0 Å². The summed E-state index contributed by atoms with van der Waals surface area (Å²) in [7, 11) is 0. The van der Waals surface area contributed by atoms with Crippen LogP contribution in [0.2, 0.25) is 0 Å². The largest absolute Gasteiger partial charge is 0.357 e. The molecule has 2 heterocycles. The molecule has 5 heteroatoms. The Kier molecular flexibility index (Phi) is 4.28. The number of ether oxygens (including phenoxy) is 1. The summed E-state index contributed by atoms with van der Waals surface area (Å²) in [6.45, 7) is 6.23. The number of hydrogen-bond acceptors (Lipinski definition) is 4. The third kappa shape index (κ3) is 2.83. The number of benzene rings is 1. The summed E-state index contributed by atoms with van der Waals surface area (Å²) in [5.74, 6) is 0.